The summed E-state index contributed by atoms with van der Waals surface area (Å²) in [4.78, 5) is 15.9. The lowest BCUT2D eigenvalue weighted by Gasteiger charge is -2.12. The first-order valence-electron chi connectivity index (χ1n) is 9.04. The number of hydrogen-bond acceptors (Lipinski definition) is 3. The molecule has 0 fully saturated rings. The van der Waals surface area contributed by atoms with Gasteiger partial charge in [-0.05, 0) is 37.0 Å². The van der Waals surface area contributed by atoms with Crippen molar-refractivity contribution < 1.29 is 9.53 Å². The van der Waals surface area contributed by atoms with Gasteiger partial charge in [-0.15, -0.1) is 0 Å². The molecule has 0 atom stereocenters. The molecule has 0 aromatic heterocycles. The van der Waals surface area contributed by atoms with Gasteiger partial charge in [0.2, 0.25) is 0 Å². The van der Waals surface area contributed by atoms with E-state index in [9.17, 15) is 4.79 Å². The summed E-state index contributed by atoms with van der Waals surface area (Å²) in [6, 6.07) is 7.67. The summed E-state index contributed by atoms with van der Waals surface area (Å²) in [5.74, 6) is 0.726. The predicted octanol–water partition coefficient (Wildman–Crippen LogP) is 1.96. The zero-order valence-electron chi connectivity index (χ0n) is 15.7. The van der Waals surface area contributed by atoms with Crippen LogP contribution in [-0.2, 0) is 11.2 Å². The maximum Gasteiger partial charge on any atom is 0.251 e. The summed E-state index contributed by atoms with van der Waals surface area (Å²) in [6.07, 6.45) is 4.07. The van der Waals surface area contributed by atoms with E-state index in [1.807, 2.05) is 24.3 Å². The average Bonchev–Trinajstić information content (AvgIpc) is 2.65. The van der Waals surface area contributed by atoms with Gasteiger partial charge >= 0.3 is 0 Å². The minimum absolute atomic E-state index is 0.0616. The van der Waals surface area contributed by atoms with Crippen LogP contribution >= 0.6 is 0 Å². The van der Waals surface area contributed by atoms with Crippen molar-refractivity contribution in [1.82, 2.24) is 16.0 Å². The Morgan fingerprint density at radius 2 is 1.92 bits per heavy atom. The van der Waals surface area contributed by atoms with E-state index in [1.165, 1.54) is 6.42 Å². The molecule has 0 heterocycles. The second-order valence-electron chi connectivity index (χ2n) is 5.77. The van der Waals surface area contributed by atoms with E-state index < -0.39 is 0 Å². The Bertz CT molecular complexity index is 532. The molecule has 1 aromatic rings. The van der Waals surface area contributed by atoms with Gasteiger partial charge in [-0.2, -0.15) is 0 Å². The zero-order valence-corrected chi connectivity index (χ0v) is 15.7. The molecule has 0 saturated heterocycles. The summed E-state index contributed by atoms with van der Waals surface area (Å²) in [7, 11) is 3.40. The number of hydrogen-bond donors (Lipinski definition) is 3. The molecule has 0 spiro atoms. The molecule has 0 saturated carbocycles. The summed E-state index contributed by atoms with van der Waals surface area (Å²) in [5.41, 5.74) is 1.80. The van der Waals surface area contributed by atoms with Gasteiger partial charge in [0.05, 0.1) is 0 Å². The third-order valence-electron chi connectivity index (χ3n) is 3.75. The van der Waals surface area contributed by atoms with Crippen molar-refractivity contribution in [3.8, 4) is 0 Å². The van der Waals surface area contributed by atoms with Crippen LogP contribution in [0.3, 0.4) is 0 Å². The lowest BCUT2D eigenvalue weighted by atomic mass is 10.1. The van der Waals surface area contributed by atoms with Crippen molar-refractivity contribution in [2.24, 2.45) is 4.99 Å². The van der Waals surface area contributed by atoms with Gasteiger partial charge in [0, 0.05) is 46.0 Å². The lowest BCUT2D eigenvalue weighted by molar-refractivity contribution is 0.0963. The molecule has 0 unspecified atom stereocenters. The van der Waals surface area contributed by atoms with Crippen LogP contribution < -0.4 is 16.0 Å². The highest BCUT2D eigenvalue weighted by Crippen LogP contribution is 2.05. The van der Waals surface area contributed by atoms with Crippen LogP contribution in [0, 0.1) is 0 Å². The van der Waals surface area contributed by atoms with E-state index in [4.69, 9.17) is 4.74 Å². The van der Waals surface area contributed by atoms with Crippen LogP contribution in [0.5, 0.6) is 0 Å². The molecule has 1 rings (SSSR count). The van der Waals surface area contributed by atoms with Crippen molar-refractivity contribution in [1.29, 1.82) is 0 Å². The van der Waals surface area contributed by atoms with E-state index >= 15 is 0 Å². The number of ether oxygens (including phenoxy) is 1. The molecule has 0 bridgehead atoms. The molecule has 6 nitrogen and oxygen atoms in total. The number of rotatable bonds is 11. The normalized spacial score (nSPS) is 11.2. The Kier molecular flexibility index (Phi) is 11.1. The van der Waals surface area contributed by atoms with Gasteiger partial charge in [0.15, 0.2) is 5.96 Å². The monoisotopic (exact) mass is 348 g/mol. The molecule has 25 heavy (non-hydrogen) atoms. The maximum atomic E-state index is 11.7. The maximum absolute atomic E-state index is 11.7. The summed E-state index contributed by atoms with van der Waals surface area (Å²) in [6.45, 7) is 5.37. The van der Waals surface area contributed by atoms with Crippen LogP contribution in [-0.4, -0.2) is 52.3 Å². The molecule has 0 radical (unpaired) electrons. The zero-order chi connectivity index (χ0) is 18.3. The molecule has 3 N–H and O–H groups in total. The number of amides is 1. The van der Waals surface area contributed by atoms with Gasteiger partial charge in [0.25, 0.3) is 5.91 Å². The third kappa shape index (κ3) is 9.10. The Morgan fingerprint density at radius 1 is 1.16 bits per heavy atom. The van der Waals surface area contributed by atoms with Gasteiger partial charge in [-0.25, -0.2) is 0 Å². The topological polar surface area (TPSA) is 74.8 Å². The number of unbranched alkanes of at least 4 members (excludes halogenated alkanes) is 1. The van der Waals surface area contributed by atoms with Crippen LogP contribution in [0.25, 0.3) is 0 Å². The first-order valence-corrected chi connectivity index (χ1v) is 9.04. The fourth-order valence-electron chi connectivity index (χ4n) is 2.29. The molecule has 0 aliphatic carbocycles. The highest BCUT2D eigenvalue weighted by molar-refractivity contribution is 5.94. The molecule has 0 aliphatic heterocycles. The van der Waals surface area contributed by atoms with Crippen molar-refractivity contribution >= 4 is 11.9 Å². The number of nitrogens with zero attached hydrogens (tertiary/aromatic N) is 1. The van der Waals surface area contributed by atoms with Crippen LogP contribution in [0.4, 0.5) is 0 Å². The number of nitrogens with one attached hydrogen (secondary N) is 3. The largest absolute Gasteiger partial charge is 0.381 e. The number of benzene rings is 1. The summed E-state index contributed by atoms with van der Waals surface area (Å²) >= 11 is 0. The fraction of sp³-hybridized carbons (Fsp3) is 0.579. The van der Waals surface area contributed by atoms with Crippen LogP contribution in [0.1, 0.15) is 42.1 Å². The van der Waals surface area contributed by atoms with Gasteiger partial charge in [-0.3, -0.25) is 9.79 Å². The highest BCUT2D eigenvalue weighted by Gasteiger charge is 2.04. The first kappa shape index (κ1) is 21.0. The van der Waals surface area contributed by atoms with E-state index in [0.29, 0.717) is 5.56 Å². The van der Waals surface area contributed by atoms with Crippen molar-refractivity contribution in [3.63, 3.8) is 0 Å². The van der Waals surface area contributed by atoms with Gasteiger partial charge < -0.3 is 20.7 Å². The third-order valence-corrected chi connectivity index (χ3v) is 3.75. The van der Waals surface area contributed by atoms with Crippen LogP contribution in [0.2, 0.25) is 0 Å². The van der Waals surface area contributed by atoms with E-state index in [1.54, 1.807) is 14.1 Å². The quantitative estimate of drug-likeness (QED) is 0.325. The van der Waals surface area contributed by atoms with E-state index in [0.717, 1.165) is 57.1 Å². The second-order valence-corrected chi connectivity index (χ2v) is 5.77. The molecule has 1 amide bonds. The molecular weight excluding hydrogens is 316 g/mol. The van der Waals surface area contributed by atoms with Gasteiger partial charge in [-0.1, -0.05) is 25.5 Å². The molecule has 6 heteroatoms. The van der Waals surface area contributed by atoms with Crippen LogP contribution in [0.15, 0.2) is 29.3 Å². The molecule has 140 valence electrons. The summed E-state index contributed by atoms with van der Waals surface area (Å²) in [5, 5.41) is 9.21. The lowest BCUT2D eigenvalue weighted by Crippen LogP contribution is -2.39. The number of carbonyl (C=O) groups excluding carboxylic acids is 1. The Balaban J connectivity index is 2.23. The van der Waals surface area contributed by atoms with Gasteiger partial charge in [0.1, 0.15) is 0 Å². The van der Waals surface area contributed by atoms with E-state index in [2.05, 4.69) is 27.9 Å². The average molecular weight is 348 g/mol. The Labute approximate surface area is 151 Å². The first-order chi connectivity index (χ1) is 12.2. The number of carbonyl (C=O) groups is 1. The van der Waals surface area contributed by atoms with Crippen molar-refractivity contribution in [2.45, 2.75) is 32.6 Å². The molecular formula is C19H32N4O2. The number of guanidine groups is 1. The standard InChI is InChI=1S/C19H32N4O2/c1-4-5-13-25-14-7-11-22-19(21-3)23-12-10-16-8-6-9-17(15-16)18(24)20-2/h6,8-9,15H,4-5,7,10-14H2,1-3H3,(H,20,24)(H2,21,22,23). The Morgan fingerprint density at radius 3 is 2.64 bits per heavy atom. The van der Waals surface area contributed by atoms with Crippen molar-refractivity contribution in [2.75, 3.05) is 40.4 Å². The van der Waals surface area contributed by atoms with Crippen molar-refractivity contribution in [3.05, 3.63) is 35.4 Å². The second kappa shape index (κ2) is 13.2. The van der Waals surface area contributed by atoms with E-state index in [-0.39, 0.29) is 5.91 Å². The minimum atomic E-state index is -0.0616. The smallest absolute Gasteiger partial charge is 0.251 e. The SMILES string of the molecule is CCCCOCCCNC(=NC)NCCc1cccc(C(=O)NC)c1. The highest BCUT2D eigenvalue weighted by atomic mass is 16.5. The predicted molar refractivity (Wildman–Crippen MR) is 103 cm³/mol. The Hall–Kier alpha value is -2.08. The molecule has 0 aliphatic rings. The summed E-state index contributed by atoms with van der Waals surface area (Å²) < 4.78 is 5.54. The number of aliphatic imine (C=N–C) groups is 1. The fourth-order valence-corrected chi connectivity index (χ4v) is 2.29. The molecule has 1 aromatic carbocycles. The minimum Gasteiger partial charge on any atom is -0.381 e.